The zero-order valence-corrected chi connectivity index (χ0v) is 13.3. The predicted octanol–water partition coefficient (Wildman–Crippen LogP) is 4.42. The number of fused-ring (bicyclic) bond motifs is 1. The topological polar surface area (TPSA) is 34.1 Å². The minimum Gasteiger partial charge on any atom is -0.224 e. The molecule has 1 atom stereocenters. The molecular formula is C19H18O2S. The van der Waals surface area contributed by atoms with Crippen LogP contribution in [0.25, 0.3) is 10.8 Å². The van der Waals surface area contributed by atoms with E-state index in [4.69, 9.17) is 0 Å². The number of benzene rings is 3. The highest BCUT2D eigenvalue weighted by Crippen LogP contribution is 2.24. The van der Waals surface area contributed by atoms with E-state index in [0.29, 0.717) is 4.90 Å². The Morgan fingerprint density at radius 2 is 1.45 bits per heavy atom. The average molecular weight is 310 g/mol. The Balaban J connectivity index is 1.88. The van der Waals surface area contributed by atoms with Crippen LogP contribution in [0.4, 0.5) is 0 Å². The lowest BCUT2D eigenvalue weighted by Crippen LogP contribution is -2.12. The van der Waals surface area contributed by atoms with E-state index in [9.17, 15) is 8.42 Å². The molecule has 0 aliphatic rings. The van der Waals surface area contributed by atoms with E-state index in [1.165, 1.54) is 5.39 Å². The Bertz CT molecular complexity index is 883. The Kier molecular flexibility index (Phi) is 3.99. The molecule has 2 nitrogen and oxygen atoms in total. The van der Waals surface area contributed by atoms with Gasteiger partial charge in [0.2, 0.25) is 0 Å². The first-order chi connectivity index (χ1) is 10.6. The molecule has 0 heterocycles. The Hall–Kier alpha value is -2.13. The van der Waals surface area contributed by atoms with Crippen molar-refractivity contribution in [3.8, 4) is 0 Å². The van der Waals surface area contributed by atoms with Crippen LogP contribution in [0, 0.1) is 0 Å². The summed E-state index contributed by atoms with van der Waals surface area (Å²) in [5, 5.41) is 2.31. The van der Waals surface area contributed by atoms with Crippen molar-refractivity contribution in [3.05, 3.63) is 78.4 Å². The Morgan fingerprint density at radius 1 is 0.818 bits per heavy atom. The third-order valence-electron chi connectivity index (χ3n) is 3.91. The molecule has 0 amide bonds. The lowest BCUT2D eigenvalue weighted by Gasteiger charge is -2.13. The molecule has 3 heteroatoms. The SMILES string of the molecule is C[C@H](CS(=O)(=O)c1ccccc1)c1ccc2ccccc2c1. The van der Waals surface area contributed by atoms with E-state index in [0.717, 1.165) is 10.9 Å². The molecule has 0 aliphatic carbocycles. The first-order valence-corrected chi connectivity index (χ1v) is 8.98. The van der Waals surface area contributed by atoms with E-state index in [1.54, 1.807) is 24.3 Å². The summed E-state index contributed by atoms with van der Waals surface area (Å²) >= 11 is 0. The highest BCUT2D eigenvalue weighted by atomic mass is 32.2. The van der Waals surface area contributed by atoms with E-state index < -0.39 is 9.84 Å². The minimum atomic E-state index is -3.26. The van der Waals surface area contributed by atoms with Crippen LogP contribution in [0.5, 0.6) is 0 Å². The summed E-state index contributed by atoms with van der Waals surface area (Å²) in [7, 11) is -3.26. The molecule has 0 fully saturated rings. The summed E-state index contributed by atoms with van der Waals surface area (Å²) < 4.78 is 25.0. The summed E-state index contributed by atoms with van der Waals surface area (Å²) in [4.78, 5) is 0.391. The lowest BCUT2D eigenvalue weighted by molar-refractivity contribution is 0.590. The summed E-state index contributed by atoms with van der Waals surface area (Å²) in [5.41, 5.74) is 1.05. The van der Waals surface area contributed by atoms with Crippen molar-refractivity contribution in [2.75, 3.05) is 5.75 Å². The average Bonchev–Trinajstić information content (AvgIpc) is 2.55. The predicted molar refractivity (Wildman–Crippen MR) is 90.9 cm³/mol. The van der Waals surface area contributed by atoms with Crippen LogP contribution >= 0.6 is 0 Å². The molecule has 0 radical (unpaired) electrons. The molecule has 0 saturated carbocycles. The van der Waals surface area contributed by atoms with E-state index in [2.05, 4.69) is 24.3 Å². The highest BCUT2D eigenvalue weighted by Gasteiger charge is 2.19. The monoisotopic (exact) mass is 310 g/mol. The molecule has 0 unspecified atom stereocenters. The second kappa shape index (κ2) is 5.93. The molecule has 0 bridgehead atoms. The molecule has 3 aromatic carbocycles. The number of sulfone groups is 1. The summed E-state index contributed by atoms with van der Waals surface area (Å²) in [6.45, 7) is 1.96. The van der Waals surface area contributed by atoms with Crippen molar-refractivity contribution < 1.29 is 8.42 Å². The first-order valence-electron chi connectivity index (χ1n) is 7.33. The molecule has 0 aromatic heterocycles. The van der Waals surface area contributed by atoms with Crippen LogP contribution in [0.1, 0.15) is 18.4 Å². The van der Waals surface area contributed by atoms with Crippen LogP contribution in [0.15, 0.2) is 77.7 Å². The smallest absolute Gasteiger partial charge is 0.178 e. The van der Waals surface area contributed by atoms with Gasteiger partial charge in [-0.15, -0.1) is 0 Å². The fourth-order valence-electron chi connectivity index (χ4n) is 2.66. The van der Waals surface area contributed by atoms with Gasteiger partial charge in [-0.05, 0) is 34.4 Å². The molecule has 0 spiro atoms. The van der Waals surface area contributed by atoms with Crippen molar-refractivity contribution >= 4 is 20.6 Å². The first kappa shape index (κ1) is 14.8. The van der Waals surface area contributed by atoms with Gasteiger partial charge in [-0.2, -0.15) is 0 Å². The summed E-state index contributed by atoms with van der Waals surface area (Å²) in [6.07, 6.45) is 0. The van der Waals surface area contributed by atoms with Crippen LogP contribution in [0.3, 0.4) is 0 Å². The number of hydrogen-bond donors (Lipinski definition) is 0. The van der Waals surface area contributed by atoms with E-state index in [-0.39, 0.29) is 11.7 Å². The number of hydrogen-bond acceptors (Lipinski definition) is 2. The van der Waals surface area contributed by atoms with Crippen LogP contribution < -0.4 is 0 Å². The third kappa shape index (κ3) is 3.04. The second-order valence-corrected chi connectivity index (χ2v) is 7.64. The normalized spacial score (nSPS) is 13.1. The van der Waals surface area contributed by atoms with Gasteiger partial charge in [-0.3, -0.25) is 0 Å². The molecule has 112 valence electrons. The fourth-order valence-corrected chi connectivity index (χ4v) is 4.28. The van der Waals surface area contributed by atoms with Crippen molar-refractivity contribution in [3.63, 3.8) is 0 Å². The molecule has 0 saturated heterocycles. The van der Waals surface area contributed by atoms with Crippen molar-refractivity contribution in [2.24, 2.45) is 0 Å². The zero-order chi connectivity index (χ0) is 15.6. The molecular weight excluding hydrogens is 292 g/mol. The molecule has 0 aliphatic heterocycles. The zero-order valence-electron chi connectivity index (χ0n) is 12.4. The van der Waals surface area contributed by atoms with Gasteiger partial charge in [-0.25, -0.2) is 8.42 Å². The van der Waals surface area contributed by atoms with E-state index in [1.807, 2.05) is 31.2 Å². The van der Waals surface area contributed by atoms with Crippen LogP contribution in [-0.2, 0) is 9.84 Å². The summed E-state index contributed by atoms with van der Waals surface area (Å²) in [5.74, 6) is 0.0739. The van der Waals surface area contributed by atoms with Gasteiger partial charge in [0, 0.05) is 0 Å². The lowest BCUT2D eigenvalue weighted by atomic mass is 9.99. The molecule has 0 N–H and O–H groups in total. The second-order valence-electron chi connectivity index (χ2n) is 5.60. The highest BCUT2D eigenvalue weighted by molar-refractivity contribution is 7.91. The molecule has 22 heavy (non-hydrogen) atoms. The Morgan fingerprint density at radius 3 is 2.18 bits per heavy atom. The van der Waals surface area contributed by atoms with Crippen LogP contribution in [0.2, 0.25) is 0 Å². The van der Waals surface area contributed by atoms with Gasteiger partial charge < -0.3 is 0 Å². The van der Waals surface area contributed by atoms with E-state index >= 15 is 0 Å². The van der Waals surface area contributed by atoms with Gasteiger partial charge in [0.25, 0.3) is 0 Å². The molecule has 3 aromatic rings. The van der Waals surface area contributed by atoms with Gasteiger partial charge in [0.05, 0.1) is 10.6 Å². The summed E-state index contributed by atoms with van der Waals surface area (Å²) in [6, 6.07) is 22.9. The van der Waals surface area contributed by atoms with Gasteiger partial charge in [0.1, 0.15) is 0 Å². The maximum atomic E-state index is 12.5. The fraction of sp³-hybridized carbons (Fsp3) is 0.158. The maximum Gasteiger partial charge on any atom is 0.178 e. The van der Waals surface area contributed by atoms with Gasteiger partial charge >= 0.3 is 0 Å². The third-order valence-corrected chi connectivity index (χ3v) is 5.84. The van der Waals surface area contributed by atoms with Crippen LogP contribution in [-0.4, -0.2) is 14.2 Å². The van der Waals surface area contributed by atoms with Gasteiger partial charge in [-0.1, -0.05) is 67.6 Å². The standard InChI is InChI=1S/C19H18O2S/c1-15(14-22(20,21)19-9-3-2-4-10-19)17-12-11-16-7-5-6-8-18(16)13-17/h2-13,15H,14H2,1H3/t15-/m1/s1. The Labute approximate surface area is 131 Å². The quantitative estimate of drug-likeness (QED) is 0.715. The van der Waals surface area contributed by atoms with Gasteiger partial charge in [0.15, 0.2) is 9.84 Å². The maximum absolute atomic E-state index is 12.5. The largest absolute Gasteiger partial charge is 0.224 e. The molecule has 3 rings (SSSR count). The van der Waals surface area contributed by atoms with Crippen molar-refractivity contribution in [2.45, 2.75) is 17.7 Å². The van der Waals surface area contributed by atoms with Crippen molar-refractivity contribution in [1.82, 2.24) is 0 Å². The minimum absolute atomic E-state index is 0.0465. The number of rotatable bonds is 4. The van der Waals surface area contributed by atoms with Crippen molar-refractivity contribution in [1.29, 1.82) is 0 Å².